The smallest absolute Gasteiger partial charge is 0.253 e. The van der Waals surface area contributed by atoms with Gasteiger partial charge in [0.2, 0.25) is 0 Å². The Balaban J connectivity index is 1.88. The Bertz CT molecular complexity index is 469. The van der Waals surface area contributed by atoms with Crippen LogP contribution in [-0.4, -0.2) is 23.1 Å². The lowest BCUT2D eigenvalue weighted by atomic mass is 9.96. The molecular weight excluding hydrogens is 260 g/mol. The van der Waals surface area contributed by atoms with Gasteiger partial charge in [0.1, 0.15) is 11.1 Å². The van der Waals surface area contributed by atoms with Crippen molar-refractivity contribution in [3.05, 3.63) is 29.8 Å². The average Bonchev–Trinajstić information content (AvgIpc) is 2.34. The van der Waals surface area contributed by atoms with Gasteiger partial charge >= 0.3 is 0 Å². The van der Waals surface area contributed by atoms with E-state index in [4.69, 9.17) is 22.7 Å². The summed E-state index contributed by atoms with van der Waals surface area (Å²) in [5.74, 6) is -0.130. The minimum atomic E-state index is -0.430. The molecule has 0 spiro atoms. The lowest BCUT2D eigenvalue weighted by molar-refractivity contribution is -0.133. The van der Waals surface area contributed by atoms with Gasteiger partial charge < -0.3 is 15.8 Å². The fourth-order valence-corrected chi connectivity index (χ4v) is 1.96. The first-order valence-corrected chi connectivity index (χ1v) is 6.83. The van der Waals surface area contributed by atoms with Crippen molar-refractivity contribution < 1.29 is 9.53 Å². The SMILES string of the molecule is CC(OC1CCC1)C(=O)Nc1ccc(C(N)=S)cc1. The zero-order chi connectivity index (χ0) is 13.8. The van der Waals surface area contributed by atoms with Gasteiger partial charge in [-0.3, -0.25) is 4.79 Å². The summed E-state index contributed by atoms with van der Waals surface area (Å²) in [7, 11) is 0. The molecule has 0 aromatic heterocycles. The number of carbonyl (C=O) groups excluding carboxylic acids is 1. The third kappa shape index (κ3) is 3.75. The van der Waals surface area contributed by atoms with Crippen LogP contribution >= 0.6 is 12.2 Å². The van der Waals surface area contributed by atoms with E-state index in [0.29, 0.717) is 10.7 Å². The van der Waals surface area contributed by atoms with Gasteiger partial charge in [-0.1, -0.05) is 12.2 Å². The fourth-order valence-electron chi connectivity index (χ4n) is 1.82. The summed E-state index contributed by atoms with van der Waals surface area (Å²) in [5.41, 5.74) is 7.01. The Labute approximate surface area is 118 Å². The average molecular weight is 278 g/mol. The van der Waals surface area contributed by atoms with Gasteiger partial charge in [-0.2, -0.15) is 0 Å². The summed E-state index contributed by atoms with van der Waals surface area (Å²) in [4.78, 5) is 12.3. The summed E-state index contributed by atoms with van der Waals surface area (Å²) in [6, 6.07) is 7.13. The van der Waals surface area contributed by atoms with Crippen LogP contribution in [0.2, 0.25) is 0 Å². The van der Waals surface area contributed by atoms with Crippen LogP contribution in [-0.2, 0) is 9.53 Å². The quantitative estimate of drug-likeness (QED) is 0.811. The van der Waals surface area contributed by atoms with Crippen LogP contribution in [0.1, 0.15) is 31.7 Å². The maximum atomic E-state index is 11.9. The van der Waals surface area contributed by atoms with E-state index in [2.05, 4.69) is 5.32 Å². The maximum Gasteiger partial charge on any atom is 0.253 e. The first kappa shape index (κ1) is 14.0. The molecule has 1 fully saturated rings. The standard InChI is InChI=1S/C14H18N2O2S/c1-9(18-12-3-2-4-12)14(17)16-11-7-5-10(6-8-11)13(15)19/h5-9,12H,2-4H2,1H3,(H2,15,19)(H,16,17). The van der Waals surface area contributed by atoms with Gasteiger partial charge in [-0.15, -0.1) is 0 Å². The molecule has 3 N–H and O–H groups in total. The first-order valence-electron chi connectivity index (χ1n) is 6.42. The molecule has 19 heavy (non-hydrogen) atoms. The maximum absolute atomic E-state index is 11.9. The number of anilines is 1. The highest BCUT2D eigenvalue weighted by Gasteiger charge is 2.23. The van der Waals surface area contributed by atoms with E-state index >= 15 is 0 Å². The number of nitrogens with two attached hydrogens (primary N) is 1. The molecule has 1 unspecified atom stereocenters. The highest BCUT2D eigenvalue weighted by atomic mass is 32.1. The van der Waals surface area contributed by atoms with Crippen molar-refractivity contribution in [3.8, 4) is 0 Å². The lowest BCUT2D eigenvalue weighted by Crippen LogP contribution is -2.34. The number of thiocarbonyl (C=S) groups is 1. The minimum Gasteiger partial charge on any atom is -0.389 e. The number of benzene rings is 1. The van der Waals surface area contributed by atoms with E-state index in [0.717, 1.165) is 18.4 Å². The number of hydrogen-bond donors (Lipinski definition) is 2. The summed E-state index contributed by atoms with van der Waals surface area (Å²) in [6.45, 7) is 1.77. The van der Waals surface area contributed by atoms with Crippen LogP contribution in [0.25, 0.3) is 0 Å². The van der Waals surface area contributed by atoms with Crippen molar-refractivity contribution in [3.63, 3.8) is 0 Å². The van der Waals surface area contributed by atoms with Crippen LogP contribution in [0, 0.1) is 0 Å². The van der Waals surface area contributed by atoms with Gasteiger partial charge in [0.05, 0.1) is 6.10 Å². The number of ether oxygens (including phenoxy) is 1. The zero-order valence-corrected chi connectivity index (χ0v) is 11.7. The third-order valence-electron chi connectivity index (χ3n) is 3.25. The predicted octanol–water partition coefficient (Wildman–Crippen LogP) is 2.22. The summed E-state index contributed by atoms with van der Waals surface area (Å²) in [6.07, 6.45) is 3.12. The van der Waals surface area contributed by atoms with Gasteiger partial charge in [0.15, 0.2) is 0 Å². The van der Waals surface area contributed by atoms with Crippen molar-refractivity contribution >= 4 is 28.8 Å². The van der Waals surface area contributed by atoms with Crippen molar-refractivity contribution in [1.82, 2.24) is 0 Å². The zero-order valence-electron chi connectivity index (χ0n) is 10.9. The summed E-state index contributed by atoms with van der Waals surface area (Å²) >= 11 is 4.87. The number of nitrogens with one attached hydrogen (secondary N) is 1. The van der Waals surface area contributed by atoms with E-state index in [9.17, 15) is 4.79 Å². The molecule has 0 saturated heterocycles. The van der Waals surface area contributed by atoms with E-state index < -0.39 is 6.10 Å². The van der Waals surface area contributed by atoms with Gasteiger partial charge in [-0.05, 0) is 50.5 Å². The topological polar surface area (TPSA) is 64.3 Å². The number of amides is 1. The second-order valence-corrected chi connectivity index (χ2v) is 5.20. The second kappa shape index (κ2) is 6.12. The van der Waals surface area contributed by atoms with E-state index in [1.807, 2.05) is 0 Å². The summed E-state index contributed by atoms with van der Waals surface area (Å²) < 4.78 is 5.63. The van der Waals surface area contributed by atoms with E-state index in [1.54, 1.807) is 31.2 Å². The van der Waals surface area contributed by atoms with Crippen molar-refractivity contribution in [2.75, 3.05) is 5.32 Å². The van der Waals surface area contributed by atoms with Crippen LogP contribution < -0.4 is 11.1 Å². The molecule has 1 aliphatic carbocycles. The molecule has 1 saturated carbocycles. The molecule has 1 amide bonds. The Morgan fingerprint density at radius 1 is 1.42 bits per heavy atom. The molecule has 0 aliphatic heterocycles. The largest absolute Gasteiger partial charge is 0.389 e. The van der Waals surface area contributed by atoms with Crippen LogP contribution in [0.15, 0.2) is 24.3 Å². The third-order valence-corrected chi connectivity index (χ3v) is 3.49. The van der Waals surface area contributed by atoms with Crippen LogP contribution in [0.3, 0.4) is 0 Å². The molecule has 5 heteroatoms. The molecule has 102 valence electrons. The number of hydrogen-bond acceptors (Lipinski definition) is 3. The van der Waals surface area contributed by atoms with E-state index in [-0.39, 0.29) is 12.0 Å². The van der Waals surface area contributed by atoms with E-state index in [1.165, 1.54) is 6.42 Å². The molecular formula is C14H18N2O2S. The normalized spacial score (nSPS) is 16.5. The van der Waals surface area contributed by atoms with Gasteiger partial charge in [-0.25, -0.2) is 0 Å². The van der Waals surface area contributed by atoms with Crippen LogP contribution in [0.4, 0.5) is 5.69 Å². The molecule has 1 aromatic rings. The Kier molecular flexibility index (Phi) is 4.50. The first-order chi connectivity index (χ1) is 9.06. The minimum absolute atomic E-state index is 0.130. The van der Waals surface area contributed by atoms with Gasteiger partial charge in [0, 0.05) is 11.3 Å². The lowest BCUT2D eigenvalue weighted by Gasteiger charge is -2.28. The Hall–Kier alpha value is -1.46. The van der Waals surface area contributed by atoms with Crippen molar-refractivity contribution in [1.29, 1.82) is 0 Å². The molecule has 1 atom stereocenters. The Morgan fingerprint density at radius 3 is 2.53 bits per heavy atom. The number of carbonyl (C=O) groups is 1. The monoisotopic (exact) mass is 278 g/mol. The molecule has 2 rings (SSSR count). The van der Waals surface area contributed by atoms with Gasteiger partial charge in [0.25, 0.3) is 5.91 Å². The molecule has 1 aromatic carbocycles. The highest BCUT2D eigenvalue weighted by molar-refractivity contribution is 7.80. The van der Waals surface area contributed by atoms with Crippen molar-refractivity contribution in [2.24, 2.45) is 5.73 Å². The summed E-state index contributed by atoms with van der Waals surface area (Å²) in [5, 5.41) is 2.81. The van der Waals surface area contributed by atoms with Crippen molar-refractivity contribution in [2.45, 2.75) is 38.4 Å². The molecule has 4 nitrogen and oxygen atoms in total. The fraction of sp³-hybridized carbons (Fsp3) is 0.429. The highest BCUT2D eigenvalue weighted by Crippen LogP contribution is 2.23. The Morgan fingerprint density at radius 2 is 2.05 bits per heavy atom. The second-order valence-electron chi connectivity index (χ2n) is 4.76. The van der Waals surface area contributed by atoms with Crippen LogP contribution in [0.5, 0.6) is 0 Å². The number of rotatable bonds is 5. The predicted molar refractivity (Wildman–Crippen MR) is 79.1 cm³/mol. The molecule has 0 radical (unpaired) electrons. The molecule has 0 bridgehead atoms. The molecule has 0 heterocycles. The molecule has 1 aliphatic rings.